The van der Waals surface area contributed by atoms with Gasteiger partial charge in [-0.2, -0.15) is 0 Å². The molecule has 2 unspecified atom stereocenters. The summed E-state index contributed by atoms with van der Waals surface area (Å²) in [4.78, 5) is 27.2. The predicted molar refractivity (Wildman–Crippen MR) is 108 cm³/mol. The molecule has 1 aromatic carbocycles. The van der Waals surface area contributed by atoms with Crippen molar-refractivity contribution < 1.29 is 9.59 Å². The Morgan fingerprint density at radius 3 is 2.38 bits per heavy atom. The van der Waals surface area contributed by atoms with Gasteiger partial charge in [-0.3, -0.25) is 9.59 Å². The van der Waals surface area contributed by atoms with Gasteiger partial charge in [-0.25, -0.2) is 4.98 Å². The Morgan fingerprint density at radius 2 is 1.88 bits per heavy atom. The van der Waals surface area contributed by atoms with Gasteiger partial charge in [0, 0.05) is 18.5 Å². The lowest BCUT2D eigenvalue weighted by Gasteiger charge is -2.26. The Kier molecular flexibility index (Phi) is 9.58. The van der Waals surface area contributed by atoms with Crippen LogP contribution >= 0.6 is 11.3 Å². The standard InChI is InChI=1S/C17H20N2OS.C2H6.CH3NO/c1-12(16-4-3-9-19(16)11-20)14-5-7-15(8-6-14)17-13(2)18-10-21-17;1-2;2-1-3/h5-8,10-12,16H,3-4,9H2,1-2H3;1-2H3;1H,(H2,2,3). The molecule has 3 rings (SSSR count). The number of amides is 2. The van der Waals surface area contributed by atoms with Crippen LogP contribution in [-0.2, 0) is 9.59 Å². The van der Waals surface area contributed by atoms with E-state index < -0.39 is 0 Å². The quantitative estimate of drug-likeness (QED) is 0.822. The number of thiazole rings is 1. The number of nitrogens with two attached hydrogens (primary N) is 1. The molecule has 1 saturated heterocycles. The first kappa shape index (κ1) is 21.8. The van der Waals surface area contributed by atoms with Gasteiger partial charge in [-0.05, 0) is 30.9 Å². The zero-order valence-corrected chi connectivity index (χ0v) is 16.8. The number of likely N-dealkylation sites (tertiary alicyclic amines) is 1. The lowest BCUT2D eigenvalue weighted by Crippen LogP contribution is -2.32. The molecule has 142 valence electrons. The molecule has 2 amide bonds. The third-order valence-corrected chi connectivity index (χ3v) is 5.48. The van der Waals surface area contributed by atoms with Crippen molar-refractivity contribution >= 4 is 24.2 Å². The van der Waals surface area contributed by atoms with Crippen molar-refractivity contribution in [2.45, 2.75) is 52.5 Å². The van der Waals surface area contributed by atoms with Crippen LogP contribution in [0.2, 0.25) is 0 Å². The van der Waals surface area contributed by atoms with E-state index in [1.165, 1.54) is 16.0 Å². The molecule has 0 radical (unpaired) electrons. The van der Waals surface area contributed by atoms with E-state index in [2.05, 4.69) is 41.9 Å². The van der Waals surface area contributed by atoms with Crippen LogP contribution in [0.25, 0.3) is 10.4 Å². The van der Waals surface area contributed by atoms with Crippen LogP contribution in [0.3, 0.4) is 0 Å². The fourth-order valence-corrected chi connectivity index (χ4v) is 4.03. The smallest absolute Gasteiger partial charge is 0.209 e. The van der Waals surface area contributed by atoms with Crippen LogP contribution in [0.1, 0.15) is 50.8 Å². The zero-order valence-electron chi connectivity index (χ0n) is 16.0. The van der Waals surface area contributed by atoms with Crippen molar-refractivity contribution in [3.05, 3.63) is 41.0 Å². The second-order valence-electron chi connectivity index (χ2n) is 5.87. The zero-order chi connectivity index (χ0) is 19.5. The lowest BCUT2D eigenvalue weighted by molar-refractivity contribution is -0.119. The van der Waals surface area contributed by atoms with Gasteiger partial charge in [0.25, 0.3) is 0 Å². The Morgan fingerprint density at radius 1 is 1.27 bits per heavy atom. The van der Waals surface area contributed by atoms with E-state index in [1.54, 1.807) is 11.3 Å². The van der Waals surface area contributed by atoms with E-state index in [1.807, 2.05) is 31.2 Å². The number of nitrogens with zero attached hydrogens (tertiary/aromatic N) is 2. The number of benzene rings is 1. The van der Waals surface area contributed by atoms with Gasteiger partial charge < -0.3 is 10.6 Å². The molecule has 0 saturated carbocycles. The molecule has 6 heteroatoms. The van der Waals surface area contributed by atoms with Gasteiger partial charge in [0.05, 0.1) is 16.1 Å². The van der Waals surface area contributed by atoms with E-state index in [4.69, 9.17) is 4.79 Å². The minimum Gasteiger partial charge on any atom is -0.372 e. The topological polar surface area (TPSA) is 76.3 Å². The molecule has 2 aromatic rings. The Bertz CT molecular complexity index is 670. The molecule has 2 atom stereocenters. The highest BCUT2D eigenvalue weighted by Crippen LogP contribution is 2.32. The van der Waals surface area contributed by atoms with Crippen molar-refractivity contribution in [2.75, 3.05) is 6.54 Å². The number of aromatic nitrogens is 1. The van der Waals surface area contributed by atoms with Gasteiger partial charge in [0.2, 0.25) is 12.8 Å². The predicted octanol–water partition coefficient (Wildman–Crippen LogP) is 3.97. The van der Waals surface area contributed by atoms with E-state index in [9.17, 15) is 4.79 Å². The largest absolute Gasteiger partial charge is 0.372 e. The maximum atomic E-state index is 11.1. The fraction of sp³-hybridized carbons (Fsp3) is 0.450. The van der Waals surface area contributed by atoms with Crippen LogP contribution in [0.15, 0.2) is 29.8 Å². The number of carbonyl (C=O) groups excluding carboxylic acids is 2. The summed E-state index contributed by atoms with van der Waals surface area (Å²) >= 11 is 1.68. The summed E-state index contributed by atoms with van der Waals surface area (Å²) in [5.41, 5.74) is 9.68. The molecule has 1 aliphatic heterocycles. The minimum absolute atomic E-state index is 0.250. The van der Waals surface area contributed by atoms with E-state index in [-0.39, 0.29) is 6.41 Å². The van der Waals surface area contributed by atoms with Crippen molar-refractivity contribution in [1.29, 1.82) is 0 Å². The molecule has 2 heterocycles. The summed E-state index contributed by atoms with van der Waals surface area (Å²) in [5, 5.41) is 0. The van der Waals surface area contributed by atoms with Crippen LogP contribution in [0.5, 0.6) is 0 Å². The number of primary amides is 1. The molecular weight excluding hydrogens is 346 g/mol. The van der Waals surface area contributed by atoms with Crippen LogP contribution in [0, 0.1) is 6.92 Å². The molecule has 26 heavy (non-hydrogen) atoms. The summed E-state index contributed by atoms with van der Waals surface area (Å²) in [5.74, 6) is 0.384. The summed E-state index contributed by atoms with van der Waals surface area (Å²) in [6.45, 7) is 9.17. The molecule has 1 aliphatic rings. The van der Waals surface area contributed by atoms with Crippen molar-refractivity contribution in [1.82, 2.24) is 9.88 Å². The molecule has 1 fully saturated rings. The van der Waals surface area contributed by atoms with E-state index >= 15 is 0 Å². The number of hydrogen-bond acceptors (Lipinski definition) is 4. The highest BCUT2D eigenvalue weighted by Gasteiger charge is 2.28. The summed E-state index contributed by atoms with van der Waals surface area (Å²) in [6.07, 6.45) is 3.48. The molecule has 0 spiro atoms. The first-order valence-electron chi connectivity index (χ1n) is 8.99. The highest BCUT2D eigenvalue weighted by atomic mass is 32.1. The molecule has 2 N–H and O–H groups in total. The summed E-state index contributed by atoms with van der Waals surface area (Å²) < 4.78 is 0. The molecule has 1 aromatic heterocycles. The van der Waals surface area contributed by atoms with Crippen LogP contribution in [-0.4, -0.2) is 35.3 Å². The van der Waals surface area contributed by atoms with Gasteiger partial charge in [0.15, 0.2) is 0 Å². The minimum atomic E-state index is 0.250. The van der Waals surface area contributed by atoms with Crippen molar-refractivity contribution in [3.63, 3.8) is 0 Å². The van der Waals surface area contributed by atoms with Crippen molar-refractivity contribution in [2.24, 2.45) is 5.73 Å². The maximum Gasteiger partial charge on any atom is 0.209 e. The van der Waals surface area contributed by atoms with Gasteiger partial charge in [0.1, 0.15) is 0 Å². The number of carbonyl (C=O) groups is 2. The molecule has 0 aliphatic carbocycles. The van der Waals surface area contributed by atoms with Gasteiger partial charge in [-0.15, -0.1) is 11.3 Å². The second kappa shape index (κ2) is 11.4. The number of rotatable bonds is 4. The summed E-state index contributed by atoms with van der Waals surface area (Å²) in [7, 11) is 0. The third kappa shape index (κ3) is 5.39. The summed E-state index contributed by atoms with van der Waals surface area (Å²) in [6, 6.07) is 9.08. The number of hydrogen-bond donors (Lipinski definition) is 1. The number of aryl methyl sites for hydroxylation is 1. The average Bonchev–Trinajstić information content (AvgIpc) is 3.32. The van der Waals surface area contributed by atoms with Crippen molar-refractivity contribution in [3.8, 4) is 10.4 Å². The SMILES string of the molecule is CC.Cc1ncsc1-c1ccc(C(C)C2CCCN2C=O)cc1.NC=O. The Hall–Kier alpha value is -2.21. The fourth-order valence-electron chi connectivity index (χ4n) is 3.22. The monoisotopic (exact) mass is 375 g/mol. The third-order valence-electron chi connectivity index (χ3n) is 4.50. The lowest BCUT2D eigenvalue weighted by atomic mass is 9.91. The average molecular weight is 376 g/mol. The normalized spacial score (nSPS) is 16.6. The second-order valence-corrected chi connectivity index (χ2v) is 6.72. The van der Waals surface area contributed by atoms with E-state index in [0.29, 0.717) is 12.0 Å². The Labute approximate surface area is 160 Å². The highest BCUT2D eigenvalue weighted by molar-refractivity contribution is 7.13. The Balaban J connectivity index is 0.000000615. The molecular formula is C20H29N3O2S. The first-order valence-corrected chi connectivity index (χ1v) is 9.87. The van der Waals surface area contributed by atoms with Gasteiger partial charge >= 0.3 is 0 Å². The molecule has 0 bridgehead atoms. The maximum absolute atomic E-state index is 11.1. The molecule has 5 nitrogen and oxygen atoms in total. The van der Waals surface area contributed by atoms with E-state index in [0.717, 1.165) is 31.5 Å². The van der Waals surface area contributed by atoms with Crippen LogP contribution < -0.4 is 5.73 Å². The van der Waals surface area contributed by atoms with Gasteiger partial charge in [-0.1, -0.05) is 45.0 Å². The first-order chi connectivity index (χ1) is 12.6. The van der Waals surface area contributed by atoms with Crippen LogP contribution in [0.4, 0.5) is 0 Å².